The summed E-state index contributed by atoms with van der Waals surface area (Å²) in [4.78, 5) is 10.5. The van der Waals surface area contributed by atoms with Crippen molar-refractivity contribution in [1.82, 2.24) is 0 Å². The van der Waals surface area contributed by atoms with Gasteiger partial charge >= 0.3 is 0 Å². The topological polar surface area (TPSA) is 90.4 Å². The Labute approximate surface area is 113 Å². The standard InChI is InChI=1S/C13H21N3O3/c1-4-10(14)8-15-11-5-12(16(17)18)7-13(6-11)19-9(2)3/h5-7,9-10,15H,4,8,14H2,1-3H3. The molecule has 0 aliphatic carbocycles. The molecule has 106 valence electrons. The van der Waals surface area contributed by atoms with Gasteiger partial charge in [-0.3, -0.25) is 10.1 Å². The lowest BCUT2D eigenvalue weighted by Crippen LogP contribution is -2.28. The minimum Gasteiger partial charge on any atom is -0.491 e. The number of nitro benzene ring substituents is 1. The summed E-state index contributed by atoms with van der Waals surface area (Å²) >= 11 is 0. The quantitative estimate of drug-likeness (QED) is 0.585. The second kappa shape index (κ2) is 6.94. The predicted octanol–water partition coefficient (Wildman–Crippen LogP) is 2.53. The van der Waals surface area contributed by atoms with Crippen LogP contribution in [0.4, 0.5) is 11.4 Å². The number of nitrogens with two attached hydrogens (primary N) is 1. The molecule has 1 unspecified atom stereocenters. The second-order valence-corrected chi connectivity index (χ2v) is 4.69. The SMILES string of the molecule is CCC(N)CNc1cc(OC(C)C)cc([N+](=O)[O-])c1. The van der Waals surface area contributed by atoms with Crippen LogP contribution in [0.3, 0.4) is 0 Å². The summed E-state index contributed by atoms with van der Waals surface area (Å²) in [7, 11) is 0. The Bertz CT molecular complexity index is 435. The van der Waals surface area contributed by atoms with Gasteiger partial charge < -0.3 is 15.8 Å². The number of hydrogen-bond donors (Lipinski definition) is 2. The highest BCUT2D eigenvalue weighted by Gasteiger charge is 2.12. The Morgan fingerprint density at radius 3 is 2.63 bits per heavy atom. The lowest BCUT2D eigenvalue weighted by Gasteiger charge is -2.14. The lowest BCUT2D eigenvalue weighted by molar-refractivity contribution is -0.384. The van der Waals surface area contributed by atoms with E-state index in [2.05, 4.69) is 5.32 Å². The van der Waals surface area contributed by atoms with Crippen LogP contribution in [0, 0.1) is 10.1 Å². The number of rotatable bonds is 7. The molecule has 0 heterocycles. The van der Waals surface area contributed by atoms with E-state index in [1.165, 1.54) is 12.1 Å². The Balaban J connectivity index is 2.89. The number of benzene rings is 1. The van der Waals surface area contributed by atoms with Gasteiger partial charge in [-0.2, -0.15) is 0 Å². The van der Waals surface area contributed by atoms with Crippen LogP contribution < -0.4 is 15.8 Å². The number of nitro groups is 1. The third kappa shape index (κ3) is 5.13. The van der Waals surface area contributed by atoms with E-state index in [9.17, 15) is 10.1 Å². The zero-order chi connectivity index (χ0) is 14.4. The molecule has 1 aromatic rings. The molecule has 1 rings (SSSR count). The summed E-state index contributed by atoms with van der Waals surface area (Å²) in [6.45, 7) is 6.31. The van der Waals surface area contributed by atoms with E-state index in [0.29, 0.717) is 18.0 Å². The van der Waals surface area contributed by atoms with E-state index >= 15 is 0 Å². The van der Waals surface area contributed by atoms with E-state index in [4.69, 9.17) is 10.5 Å². The molecule has 0 saturated carbocycles. The van der Waals surface area contributed by atoms with E-state index < -0.39 is 4.92 Å². The van der Waals surface area contributed by atoms with Crippen LogP contribution in [-0.4, -0.2) is 23.6 Å². The van der Waals surface area contributed by atoms with Crippen molar-refractivity contribution in [2.24, 2.45) is 5.73 Å². The number of ether oxygens (including phenoxy) is 1. The highest BCUT2D eigenvalue weighted by molar-refractivity contribution is 5.56. The zero-order valence-electron chi connectivity index (χ0n) is 11.6. The Hall–Kier alpha value is -1.82. The summed E-state index contributed by atoms with van der Waals surface area (Å²) in [6.07, 6.45) is 0.810. The minimum atomic E-state index is -0.432. The van der Waals surface area contributed by atoms with Crippen LogP contribution in [0.5, 0.6) is 5.75 Å². The van der Waals surface area contributed by atoms with Gasteiger partial charge in [-0.25, -0.2) is 0 Å². The molecule has 0 saturated heterocycles. The lowest BCUT2D eigenvalue weighted by atomic mass is 10.2. The molecule has 0 spiro atoms. The molecule has 0 aliphatic rings. The summed E-state index contributed by atoms with van der Waals surface area (Å²) in [6, 6.07) is 4.67. The fourth-order valence-corrected chi connectivity index (χ4v) is 1.52. The number of anilines is 1. The molecular weight excluding hydrogens is 246 g/mol. The number of nitrogens with zero attached hydrogens (tertiary/aromatic N) is 1. The van der Waals surface area contributed by atoms with E-state index in [-0.39, 0.29) is 17.8 Å². The van der Waals surface area contributed by atoms with Crippen molar-refractivity contribution in [1.29, 1.82) is 0 Å². The van der Waals surface area contributed by atoms with Gasteiger partial charge in [0.2, 0.25) is 0 Å². The van der Waals surface area contributed by atoms with Crippen LogP contribution in [0.2, 0.25) is 0 Å². The van der Waals surface area contributed by atoms with Gasteiger partial charge in [-0.15, -0.1) is 0 Å². The molecule has 6 nitrogen and oxygen atoms in total. The van der Waals surface area contributed by atoms with Crippen molar-refractivity contribution >= 4 is 11.4 Å². The molecule has 0 aromatic heterocycles. The molecule has 0 fully saturated rings. The van der Waals surface area contributed by atoms with Gasteiger partial charge in [0.25, 0.3) is 5.69 Å². The first-order chi connectivity index (χ1) is 8.92. The number of hydrogen-bond acceptors (Lipinski definition) is 5. The molecule has 0 aliphatic heterocycles. The van der Waals surface area contributed by atoms with Gasteiger partial charge in [0, 0.05) is 30.4 Å². The average molecular weight is 267 g/mol. The first-order valence-electron chi connectivity index (χ1n) is 6.38. The highest BCUT2D eigenvalue weighted by Crippen LogP contribution is 2.26. The first kappa shape index (κ1) is 15.2. The Morgan fingerprint density at radius 2 is 2.11 bits per heavy atom. The van der Waals surface area contributed by atoms with Crippen LogP contribution in [0.25, 0.3) is 0 Å². The summed E-state index contributed by atoms with van der Waals surface area (Å²) in [5.74, 6) is 0.483. The molecule has 0 radical (unpaired) electrons. The molecule has 0 bridgehead atoms. The number of non-ortho nitro benzene ring substituents is 1. The van der Waals surface area contributed by atoms with Gasteiger partial charge in [-0.05, 0) is 20.3 Å². The molecule has 1 aromatic carbocycles. The minimum absolute atomic E-state index is 0.00530. The van der Waals surface area contributed by atoms with E-state index in [1.807, 2.05) is 20.8 Å². The van der Waals surface area contributed by atoms with Crippen molar-refractivity contribution in [3.05, 3.63) is 28.3 Å². The van der Waals surface area contributed by atoms with Crippen molar-refractivity contribution in [2.75, 3.05) is 11.9 Å². The normalized spacial score (nSPS) is 12.3. The number of nitrogens with one attached hydrogen (secondary N) is 1. The maximum absolute atomic E-state index is 10.9. The third-order valence-electron chi connectivity index (χ3n) is 2.57. The predicted molar refractivity (Wildman–Crippen MR) is 75.6 cm³/mol. The van der Waals surface area contributed by atoms with Crippen molar-refractivity contribution < 1.29 is 9.66 Å². The van der Waals surface area contributed by atoms with E-state index in [1.54, 1.807) is 6.07 Å². The average Bonchev–Trinajstić information content (AvgIpc) is 2.34. The largest absolute Gasteiger partial charge is 0.491 e. The Kier molecular flexibility index (Phi) is 5.57. The van der Waals surface area contributed by atoms with Crippen molar-refractivity contribution in [2.45, 2.75) is 39.3 Å². The fraction of sp³-hybridized carbons (Fsp3) is 0.538. The maximum Gasteiger partial charge on any atom is 0.275 e. The monoisotopic (exact) mass is 267 g/mol. The Morgan fingerprint density at radius 1 is 1.42 bits per heavy atom. The van der Waals surface area contributed by atoms with E-state index in [0.717, 1.165) is 6.42 Å². The zero-order valence-corrected chi connectivity index (χ0v) is 11.6. The summed E-state index contributed by atoms with van der Waals surface area (Å²) in [5, 5.41) is 14.0. The van der Waals surface area contributed by atoms with Crippen LogP contribution in [0.15, 0.2) is 18.2 Å². The first-order valence-corrected chi connectivity index (χ1v) is 6.38. The van der Waals surface area contributed by atoms with Crippen LogP contribution in [-0.2, 0) is 0 Å². The molecule has 1 atom stereocenters. The smallest absolute Gasteiger partial charge is 0.275 e. The third-order valence-corrected chi connectivity index (χ3v) is 2.57. The van der Waals surface area contributed by atoms with Crippen molar-refractivity contribution in [3.8, 4) is 5.75 Å². The maximum atomic E-state index is 10.9. The molecule has 0 amide bonds. The molecule has 19 heavy (non-hydrogen) atoms. The van der Waals surface area contributed by atoms with Gasteiger partial charge in [-0.1, -0.05) is 6.92 Å². The molecule has 6 heteroatoms. The van der Waals surface area contributed by atoms with Crippen LogP contribution >= 0.6 is 0 Å². The van der Waals surface area contributed by atoms with Crippen LogP contribution in [0.1, 0.15) is 27.2 Å². The molecule has 3 N–H and O–H groups in total. The summed E-state index contributed by atoms with van der Waals surface area (Å²) < 4.78 is 5.50. The fourth-order valence-electron chi connectivity index (χ4n) is 1.52. The van der Waals surface area contributed by atoms with Gasteiger partial charge in [0.15, 0.2) is 0 Å². The van der Waals surface area contributed by atoms with Crippen molar-refractivity contribution in [3.63, 3.8) is 0 Å². The highest BCUT2D eigenvalue weighted by atomic mass is 16.6. The second-order valence-electron chi connectivity index (χ2n) is 4.69. The van der Waals surface area contributed by atoms with Gasteiger partial charge in [0.05, 0.1) is 17.1 Å². The molecular formula is C13H21N3O3. The summed E-state index contributed by atoms with van der Waals surface area (Å²) in [5.41, 5.74) is 6.46. The van der Waals surface area contributed by atoms with Gasteiger partial charge in [0.1, 0.15) is 5.75 Å².